The molecule has 1 aliphatic heterocycles. The highest BCUT2D eigenvalue weighted by Gasteiger charge is 2.36. The van der Waals surface area contributed by atoms with Gasteiger partial charge in [-0.1, -0.05) is 35.0 Å². The Hall–Kier alpha value is -2.99. The van der Waals surface area contributed by atoms with Crippen molar-refractivity contribution in [1.82, 2.24) is 9.78 Å². The third-order valence-corrected chi connectivity index (χ3v) is 4.58. The fraction of sp³-hybridized carbons (Fsp3) is 0.222. The number of halogens is 9. The van der Waals surface area contributed by atoms with Crippen LogP contribution in [0.5, 0.6) is 0 Å². The van der Waals surface area contributed by atoms with Crippen LogP contribution in [0.4, 0.5) is 34.9 Å². The van der Waals surface area contributed by atoms with Crippen LogP contribution >= 0.6 is 0 Å². The number of aryl methyl sites for hydroxylation is 1. The molecule has 0 unspecified atom stereocenters. The Morgan fingerprint density at radius 2 is 1.42 bits per heavy atom. The SMILES string of the molecule is FB(F)F.Fc1c(F)c(F)c(-n2c[n+]3c(n2)CC[C@@H]3Cc2ccccc2)c(F)c1F.[F-]. The normalized spacial score (nSPS) is 14.4. The summed E-state index contributed by atoms with van der Waals surface area (Å²) in [6.45, 7) is 0. The number of hydrogen-bond donors (Lipinski definition) is 0. The van der Waals surface area contributed by atoms with E-state index in [1.807, 2.05) is 30.3 Å². The van der Waals surface area contributed by atoms with Crippen LogP contribution < -0.4 is 9.27 Å². The summed E-state index contributed by atoms with van der Waals surface area (Å²) in [5.41, 5.74) is 0.0172. The van der Waals surface area contributed by atoms with Gasteiger partial charge < -0.3 is 4.70 Å². The van der Waals surface area contributed by atoms with Crippen LogP contribution in [0.2, 0.25) is 0 Å². The van der Waals surface area contributed by atoms with Crippen LogP contribution in [0, 0.1) is 29.1 Å². The Balaban J connectivity index is 0.000000631. The largest absolute Gasteiger partial charge is 1.00 e. The van der Waals surface area contributed by atoms with Crippen molar-refractivity contribution in [3.05, 3.63) is 77.1 Å². The predicted molar refractivity (Wildman–Crippen MR) is 90.1 cm³/mol. The first kappa shape index (κ1) is 24.3. The van der Waals surface area contributed by atoms with Gasteiger partial charge in [0.15, 0.2) is 0 Å². The van der Waals surface area contributed by atoms with E-state index in [4.69, 9.17) is 0 Å². The van der Waals surface area contributed by atoms with E-state index in [1.165, 1.54) is 6.33 Å². The highest BCUT2D eigenvalue weighted by atomic mass is 19.4. The summed E-state index contributed by atoms with van der Waals surface area (Å²) in [6, 6.07) is 9.66. The van der Waals surface area contributed by atoms with Crippen molar-refractivity contribution in [3.63, 3.8) is 0 Å². The molecule has 0 radical (unpaired) electrons. The quantitative estimate of drug-likeness (QED) is 0.194. The lowest BCUT2D eigenvalue weighted by Gasteiger charge is -2.08. The number of hydrogen-bond acceptors (Lipinski definition) is 1. The molecular formula is C18H13BF9N3. The Labute approximate surface area is 170 Å². The molecule has 31 heavy (non-hydrogen) atoms. The molecule has 2 heterocycles. The Morgan fingerprint density at radius 3 is 1.97 bits per heavy atom. The topological polar surface area (TPSA) is 21.7 Å². The third-order valence-electron chi connectivity index (χ3n) is 4.58. The minimum atomic E-state index is -3.67. The molecule has 0 saturated heterocycles. The second kappa shape index (κ2) is 9.88. The van der Waals surface area contributed by atoms with Crippen molar-refractivity contribution >= 4 is 7.54 Å². The molecule has 1 atom stereocenters. The molecule has 13 heteroatoms. The maximum absolute atomic E-state index is 14.0. The average molecular weight is 453 g/mol. The van der Waals surface area contributed by atoms with Gasteiger partial charge in [-0.05, 0) is 12.0 Å². The summed E-state index contributed by atoms with van der Waals surface area (Å²) in [6.07, 6.45) is 3.31. The van der Waals surface area contributed by atoms with Crippen LogP contribution in [0.25, 0.3) is 5.69 Å². The summed E-state index contributed by atoms with van der Waals surface area (Å²) in [5, 5.41) is 4.03. The summed E-state index contributed by atoms with van der Waals surface area (Å²) in [7, 11) is -3.67. The van der Waals surface area contributed by atoms with E-state index < -0.39 is 42.3 Å². The molecule has 4 rings (SSSR count). The van der Waals surface area contributed by atoms with Crippen molar-refractivity contribution in [3.8, 4) is 5.69 Å². The Morgan fingerprint density at radius 1 is 0.903 bits per heavy atom. The first-order valence-corrected chi connectivity index (χ1v) is 8.68. The number of fused-ring (bicyclic) bond motifs is 1. The minimum Gasteiger partial charge on any atom is -1.00 e. The highest BCUT2D eigenvalue weighted by molar-refractivity contribution is 6.33. The van der Waals surface area contributed by atoms with Gasteiger partial charge in [0.2, 0.25) is 41.1 Å². The zero-order valence-electron chi connectivity index (χ0n) is 15.5. The van der Waals surface area contributed by atoms with Gasteiger partial charge in [-0.15, -0.1) is 0 Å². The summed E-state index contributed by atoms with van der Waals surface area (Å²) >= 11 is 0. The van der Waals surface area contributed by atoms with Gasteiger partial charge >= 0.3 is 7.54 Å². The zero-order valence-corrected chi connectivity index (χ0v) is 15.5. The summed E-state index contributed by atoms with van der Waals surface area (Å²) in [4.78, 5) is 0. The molecule has 2 aromatic carbocycles. The first-order valence-electron chi connectivity index (χ1n) is 8.68. The zero-order chi connectivity index (χ0) is 22.0. The number of benzene rings is 2. The monoisotopic (exact) mass is 453 g/mol. The lowest BCUT2D eigenvalue weighted by atomic mass is 10.0. The second-order valence-electron chi connectivity index (χ2n) is 6.43. The first-order chi connectivity index (χ1) is 14.2. The molecule has 0 spiro atoms. The van der Waals surface area contributed by atoms with E-state index in [1.54, 1.807) is 4.57 Å². The van der Waals surface area contributed by atoms with Crippen molar-refractivity contribution in [2.45, 2.75) is 25.3 Å². The molecular weight excluding hydrogens is 440 g/mol. The Kier molecular flexibility index (Phi) is 7.74. The van der Waals surface area contributed by atoms with Crippen LogP contribution in [-0.4, -0.2) is 17.3 Å². The maximum Gasteiger partial charge on any atom is 0.762 e. The van der Waals surface area contributed by atoms with Crippen molar-refractivity contribution in [2.24, 2.45) is 0 Å². The lowest BCUT2D eigenvalue weighted by molar-refractivity contribution is -0.716. The second-order valence-corrected chi connectivity index (χ2v) is 6.43. The molecule has 0 bridgehead atoms. The lowest BCUT2D eigenvalue weighted by Crippen LogP contribution is -3.00. The van der Waals surface area contributed by atoms with E-state index >= 15 is 0 Å². The minimum absolute atomic E-state index is 0. The van der Waals surface area contributed by atoms with Gasteiger partial charge in [-0.2, -0.15) is 8.78 Å². The molecule has 166 valence electrons. The predicted octanol–water partition coefficient (Wildman–Crippen LogP) is 1.47. The number of rotatable bonds is 3. The van der Waals surface area contributed by atoms with Gasteiger partial charge in [-0.3, -0.25) is 12.9 Å². The van der Waals surface area contributed by atoms with E-state index in [9.17, 15) is 34.9 Å². The van der Waals surface area contributed by atoms with Gasteiger partial charge in [0, 0.05) is 17.9 Å². The smallest absolute Gasteiger partial charge is 0.762 e. The van der Waals surface area contributed by atoms with Gasteiger partial charge in [0.1, 0.15) is 0 Å². The van der Waals surface area contributed by atoms with E-state index in [-0.39, 0.29) is 10.7 Å². The third kappa shape index (κ3) is 5.02. The summed E-state index contributed by atoms with van der Waals surface area (Å²) < 4.78 is 99.6. The summed E-state index contributed by atoms with van der Waals surface area (Å²) in [5.74, 6) is -9.42. The molecule has 1 aliphatic rings. The molecule has 0 amide bonds. The van der Waals surface area contributed by atoms with E-state index in [0.29, 0.717) is 18.7 Å². The van der Waals surface area contributed by atoms with Gasteiger partial charge in [-0.25, -0.2) is 17.7 Å². The molecule has 3 aromatic rings. The van der Waals surface area contributed by atoms with Crippen molar-refractivity contribution in [1.29, 1.82) is 0 Å². The highest BCUT2D eigenvalue weighted by Crippen LogP contribution is 2.27. The Bertz CT molecular complexity index is 1010. The van der Waals surface area contributed by atoms with Gasteiger partial charge in [0.25, 0.3) is 5.82 Å². The van der Waals surface area contributed by atoms with Crippen LogP contribution in [0.3, 0.4) is 0 Å². The fourth-order valence-electron chi connectivity index (χ4n) is 3.29. The number of nitrogens with zero attached hydrogens (tertiary/aromatic N) is 3. The molecule has 0 N–H and O–H groups in total. The van der Waals surface area contributed by atoms with Crippen LogP contribution in [0.1, 0.15) is 23.9 Å². The molecule has 1 aromatic heterocycles. The molecule has 0 saturated carbocycles. The van der Waals surface area contributed by atoms with E-state index in [2.05, 4.69) is 5.10 Å². The van der Waals surface area contributed by atoms with Crippen LogP contribution in [-0.2, 0) is 12.8 Å². The standard InChI is InChI=1S/C18H13F5N3.BF3.FH/c19-13-14(20)16(22)18(17(23)15(13)21)26-9-25-11(6-7-12(25)24-26)8-10-4-2-1-3-5-10;2-1(3)4;/h1-5,9,11H,6-8H2;;1H/q+1;;/p-1/t11-;;/m1../s1. The average Bonchev–Trinajstić information content (AvgIpc) is 3.27. The van der Waals surface area contributed by atoms with Crippen molar-refractivity contribution in [2.75, 3.05) is 0 Å². The molecule has 0 fully saturated rings. The molecule has 0 aliphatic carbocycles. The fourth-order valence-corrected chi connectivity index (χ4v) is 3.29. The maximum atomic E-state index is 14.0. The van der Waals surface area contributed by atoms with Gasteiger partial charge in [0.05, 0.1) is 6.04 Å². The van der Waals surface area contributed by atoms with Crippen molar-refractivity contribution < 1.29 is 44.2 Å². The molecule has 3 nitrogen and oxygen atoms in total. The van der Waals surface area contributed by atoms with Crippen LogP contribution in [0.15, 0.2) is 36.7 Å². The van der Waals surface area contributed by atoms with E-state index in [0.717, 1.165) is 16.7 Å². The number of aromatic nitrogens is 3.